The fourth-order valence-electron chi connectivity index (χ4n) is 1.62. The molecule has 0 aliphatic rings. The summed E-state index contributed by atoms with van der Waals surface area (Å²) in [6.07, 6.45) is 0. The minimum absolute atomic E-state index is 0.102. The number of primary amides is 1. The quantitative estimate of drug-likeness (QED) is 0.649. The van der Waals surface area contributed by atoms with Crippen LogP contribution < -0.4 is 11.1 Å². The summed E-state index contributed by atoms with van der Waals surface area (Å²) in [5.74, 6) is -0.700. The predicted octanol–water partition coefficient (Wildman–Crippen LogP) is 2.44. The zero-order valence-corrected chi connectivity index (χ0v) is 9.87. The summed E-state index contributed by atoms with van der Waals surface area (Å²) in [6.45, 7) is 0. The number of hydrogen-bond acceptors (Lipinski definition) is 4. The molecule has 0 spiro atoms. The number of nitrogens with one attached hydrogen (secondary N) is 1. The van der Waals surface area contributed by atoms with Gasteiger partial charge < -0.3 is 11.1 Å². The largest absolute Gasteiger partial charge is 0.366 e. The highest BCUT2D eigenvalue weighted by atomic mass is 16.6. The van der Waals surface area contributed by atoms with Gasteiger partial charge in [0.05, 0.1) is 4.92 Å². The van der Waals surface area contributed by atoms with E-state index in [1.54, 1.807) is 12.1 Å². The standard InChI is InChI=1S/C13H11N3O3/c14-13(17)9-6-7-11(12(8-9)16(18)19)15-10-4-2-1-3-5-10/h1-8,15H,(H2,14,17). The Balaban J connectivity index is 2.40. The van der Waals surface area contributed by atoms with Crippen LogP contribution in [0, 0.1) is 10.1 Å². The summed E-state index contributed by atoms with van der Waals surface area (Å²) < 4.78 is 0. The van der Waals surface area contributed by atoms with Crippen LogP contribution in [0.2, 0.25) is 0 Å². The maximum Gasteiger partial charge on any atom is 0.293 e. The number of nitrogens with zero attached hydrogens (tertiary/aromatic N) is 1. The molecule has 2 aromatic carbocycles. The van der Waals surface area contributed by atoms with Crippen molar-refractivity contribution in [1.82, 2.24) is 0 Å². The van der Waals surface area contributed by atoms with Crippen LogP contribution in [0.3, 0.4) is 0 Å². The Kier molecular flexibility index (Phi) is 3.42. The van der Waals surface area contributed by atoms with E-state index in [0.717, 1.165) is 11.8 Å². The molecule has 3 N–H and O–H groups in total. The minimum atomic E-state index is -0.700. The van der Waals surface area contributed by atoms with Gasteiger partial charge in [-0.3, -0.25) is 14.9 Å². The third-order valence-electron chi connectivity index (χ3n) is 2.53. The van der Waals surface area contributed by atoms with E-state index in [9.17, 15) is 14.9 Å². The summed E-state index contributed by atoms with van der Waals surface area (Å²) in [7, 11) is 0. The monoisotopic (exact) mass is 257 g/mol. The van der Waals surface area contributed by atoms with Gasteiger partial charge in [0.25, 0.3) is 5.69 Å². The maximum absolute atomic E-state index is 11.0. The van der Waals surface area contributed by atoms with Crippen molar-refractivity contribution in [3.05, 3.63) is 64.2 Å². The molecule has 2 rings (SSSR count). The van der Waals surface area contributed by atoms with Gasteiger partial charge in [0.15, 0.2) is 0 Å². The van der Waals surface area contributed by atoms with Crippen molar-refractivity contribution in [2.24, 2.45) is 5.73 Å². The van der Waals surface area contributed by atoms with Crippen LogP contribution in [0.25, 0.3) is 0 Å². The Morgan fingerprint density at radius 1 is 1.16 bits per heavy atom. The molecule has 6 nitrogen and oxygen atoms in total. The van der Waals surface area contributed by atoms with E-state index >= 15 is 0 Å². The van der Waals surface area contributed by atoms with Crippen LogP contribution in [0.1, 0.15) is 10.4 Å². The van der Waals surface area contributed by atoms with Gasteiger partial charge in [-0.25, -0.2) is 0 Å². The maximum atomic E-state index is 11.0. The normalized spacial score (nSPS) is 9.89. The van der Waals surface area contributed by atoms with Gasteiger partial charge in [-0.05, 0) is 24.3 Å². The average molecular weight is 257 g/mol. The number of nitrogens with two attached hydrogens (primary N) is 1. The Labute approximate surface area is 109 Å². The molecule has 0 fully saturated rings. The Bertz CT molecular complexity index is 626. The molecule has 0 unspecified atom stereocenters. The number of hydrogen-bond donors (Lipinski definition) is 2. The Hall–Kier alpha value is -2.89. The molecule has 96 valence electrons. The van der Waals surface area contributed by atoms with Crippen LogP contribution >= 0.6 is 0 Å². The summed E-state index contributed by atoms with van der Waals surface area (Å²) in [6, 6.07) is 13.1. The second-order valence-corrected chi connectivity index (χ2v) is 3.84. The van der Waals surface area contributed by atoms with Crippen molar-refractivity contribution in [3.8, 4) is 0 Å². The van der Waals surface area contributed by atoms with E-state index < -0.39 is 10.8 Å². The third kappa shape index (κ3) is 2.86. The van der Waals surface area contributed by atoms with Gasteiger partial charge in [-0.15, -0.1) is 0 Å². The van der Waals surface area contributed by atoms with Gasteiger partial charge in [0, 0.05) is 17.3 Å². The van der Waals surface area contributed by atoms with E-state index in [4.69, 9.17) is 5.73 Å². The lowest BCUT2D eigenvalue weighted by molar-refractivity contribution is -0.383. The summed E-state index contributed by atoms with van der Waals surface area (Å²) in [5, 5.41) is 13.9. The second-order valence-electron chi connectivity index (χ2n) is 3.84. The molecular weight excluding hydrogens is 246 g/mol. The molecule has 0 heterocycles. The van der Waals surface area contributed by atoms with E-state index in [1.165, 1.54) is 12.1 Å². The molecule has 0 atom stereocenters. The van der Waals surface area contributed by atoms with Gasteiger partial charge in [-0.1, -0.05) is 18.2 Å². The molecule has 6 heteroatoms. The lowest BCUT2D eigenvalue weighted by Crippen LogP contribution is -2.11. The van der Waals surface area contributed by atoms with Crippen molar-refractivity contribution < 1.29 is 9.72 Å². The summed E-state index contributed by atoms with van der Waals surface area (Å²) in [4.78, 5) is 21.5. The molecule has 19 heavy (non-hydrogen) atoms. The van der Waals surface area contributed by atoms with Crippen molar-refractivity contribution in [2.45, 2.75) is 0 Å². The molecule has 2 aromatic rings. The SMILES string of the molecule is NC(=O)c1ccc(Nc2ccccc2)c([N+](=O)[O-])c1. The zero-order chi connectivity index (χ0) is 13.8. The van der Waals surface area contributed by atoms with Gasteiger partial charge >= 0.3 is 0 Å². The highest BCUT2D eigenvalue weighted by Crippen LogP contribution is 2.28. The summed E-state index contributed by atoms with van der Waals surface area (Å²) >= 11 is 0. The predicted molar refractivity (Wildman–Crippen MR) is 71.3 cm³/mol. The van der Waals surface area contributed by atoms with Crippen LogP contribution in [0.4, 0.5) is 17.1 Å². The lowest BCUT2D eigenvalue weighted by atomic mass is 10.1. The van der Waals surface area contributed by atoms with E-state index in [-0.39, 0.29) is 11.3 Å². The summed E-state index contributed by atoms with van der Waals surface area (Å²) in [5.41, 5.74) is 6.04. The van der Waals surface area contributed by atoms with Crippen LogP contribution in [-0.4, -0.2) is 10.8 Å². The first kappa shape index (κ1) is 12.6. The lowest BCUT2D eigenvalue weighted by Gasteiger charge is -2.07. The van der Waals surface area contributed by atoms with Crippen molar-refractivity contribution in [3.63, 3.8) is 0 Å². The first-order valence-corrected chi connectivity index (χ1v) is 5.48. The van der Waals surface area contributed by atoms with Crippen LogP contribution in [-0.2, 0) is 0 Å². The zero-order valence-electron chi connectivity index (χ0n) is 9.87. The van der Waals surface area contributed by atoms with Crippen LogP contribution in [0.15, 0.2) is 48.5 Å². The first-order valence-electron chi connectivity index (χ1n) is 5.48. The average Bonchev–Trinajstić information content (AvgIpc) is 2.39. The van der Waals surface area contributed by atoms with Gasteiger partial charge in [-0.2, -0.15) is 0 Å². The number of anilines is 2. The fourth-order valence-corrected chi connectivity index (χ4v) is 1.62. The van der Waals surface area contributed by atoms with E-state index in [0.29, 0.717) is 5.69 Å². The number of carbonyl (C=O) groups excluding carboxylic acids is 1. The Morgan fingerprint density at radius 3 is 2.42 bits per heavy atom. The number of nitro groups is 1. The molecule has 0 saturated carbocycles. The number of para-hydroxylation sites is 1. The van der Waals surface area contributed by atoms with Crippen molar-refractivity contribution >= 4 is 23.0 Å². The first-order chi connectivity index (χ1) is 9.08. The number of amides is 1. The van der Waals surface area contributed by atoms with E-state index in [1.807, 2.05) is 18.2 Å². The van der Waals surface area contributed by atoms with Gasteiger partial charge in [0.2, 0.25) is 5.91 Å². The molecule has 0 aliphatic carbocycles. The molecule has 0 radical (unpaired) electrons. The number of carbonyl (C=O) groups is 1. The van der Waals surface area contributed by atoms with Crippen LogP contribution in [0.5, 0.6) is 0 Å². The molecule has 0 saturated heterocycles. The molecular formula is C13H11N3O3. The Morgan fingerprint density at radius 2 is 1.84 bits per heavy atom. The van der Waals surface area contributed by atoms with Crippen molar-refractivity contribution in [1.29, 1.82) is 0 Å². The van der Waals surface area contributed by atoms with E-state index in [2.05, 4.69) is 5.32 Å². The number of benzene rings is 2. The highest BCUT2D eigenvalue weighted by Gasteiger charge is 2.16. The second kappa shape index (κ2) is 5.18. The van der Waals surface area contributed by atoms with Gasteiger partial charge in [0.1, 0.15) is 5.69 Å². The number of rotatable bonds is 4. The highest BCUT2D eigenvalue weighted by molar-refractivity contribution is 5.94. The molecule has 0 bridgehead atoms. The smallest absolute Gasteiger partial charge is 0.293 e. The molecule has 1 amide bonds. The third-order valence-corrected chi connectivity index (χ3v) is 2.53. The molecule has 0 aromatic heterocycles. The topological polar surface area (TPSA) is 98.3 Å². The minimum Gasteiger partial charge on any atom is -0.366 e. The fraction of sp³-hybridized carbons (Fsp3) is 0. The number of nitro benzene ring substituents is 1. The molecule has 0 aliphatic heterocycles. The van der Waals surface area contributed by atoms with Crippen molar-refractivity contribution in [2.75, 3.05) is 5.32 Å².